The van der Waals surface area contributed by atoms with Gasteiger partial charge in [0.05, 0.1) is 4.92 Å². The summed E-state index contributed by atoms with van der Waals surface area (Å²) in [5.41, 5.74) is 2.37. The summed E-state index contributed by atoms with van der Waals surface area (Å²) in [6.07, 6.45) is 1.89. The Morgan fingerprint density at radius 3 is 2.79 bits per heavy atom. The lowest BCUT2D eigenvalue weighted by Crippen LogP contribution is -1.94. The highest BCUT2D eigenvalue weighted by Gasteiger charge is 2.07. The average molecular weight is 258 g/mol. The number of non-ortho nitro benzene ring substituents is 1. The Bertz CT molecular complexity index is 339. The topological polar surface area (TPSA) is 43.1 Å². The van der Waals surface area contributed by atoms with Gasteiger partial charge in [0.15, 0.2) is 0 Å². The van der Waals surface area contributed by atoms with Crippen LogP contribution in [0.15, 0.2) is 18.2 Å². The van der Waals surface area contributed by atoms with Crippen LogP contribution >= 0.6 is 15.9 Å². The van der Waals surface area contributed by atoms with Gasteiger partial charge in [-0.05, 0) is 30.9 Å². The van der Waals surface area contributed by atoms with Crippen molar-refractivity contribution in [3.05, 3.63) is 39.4 Å². The molecule has 0 bridgehead atoms. The smallest absolute Gasteiger partial charge is 0.258 e. The summed E-state index contributed by atoms with van der Waals surface area (Å²) < 4.78 is 0. The highest BCUT2D eigenvalue weighted by molar-refractivity contribution is 9.09. The Balaban J connectivity index is 2.90. The molecule has 0 unspecified atom stereocenters. The summed E-state index contributed by atoms with van der Waals surface area (Å²) >= 11 is 3.34. The van der Waals surface area contributed by atoms with Crippen LogP contribution in [0, 0.1) is 17.0 Å². The number of hydrogen-bond acceptors (Lipinski definition) is 2. The molecular formula is C10H12BrNO2. The fourth-order valence-corrected chi connectivity index (χ4v) is 1.58. The molecule has 0 heterocycles. The van der Waals surface area contributed by atoms with Crippen molar-refractivity contribution >= 4 is 21.6 Å². The van der Waals surface area contributed by atoms with Crippen molar-refractivity contribution in [1.82, 2.24) is 0 Å². The lowest BCUT2D eigenvalue weighted by atomic mass is 10.0. The molecule has 1 aromatic rings. The summed E-state index contributed by atoms with van der Waals surface area (Å²) in [5, 5.41) is 11.5. The Kier molecular flexibility index (Phi) is 4.07. The molecule has 76 valence electrons. The summed E-state index contributed by atoms with van der Waals surface area (Å²) in [6.45, 7) is 1.98. The zero-order valence-electron chi connectivity index (χ0n) is 8.00. The number of rotatable bonds is 4. The van der Waals surface area contributed by atoms with Crippen LogP contribution in [0.2, 0.25) is 0 Å². The van der Waals surface area contributed by atoms with E-state index >= 15 is 0 Å². The molecule has 0 fully saturated rings. The third kappa shape index (κ3) is 2.80. The predicted octanol–water partition coefficient (Wildman–Crippen LogP) is 3.23. The van der Waals surface area contributed by atoms with E-state index < -0.39 is 0 Å². The Labute approximate surface area is 91.4 Å². The van der Waals surface area contributed by atoms with Gasteiger partial charge in [0, 0.05) is 17.5 Å². The number of nitro groups is 1. The van der Waals surface area contributed by atoms with Gasteiger partial charge >= 0.3 is 0 Å². The minimum Gasteiger partial charge on any atom is -0.258 e. The molecule has 0 aromatic heterocycles. The number of nitrogens with zero attached hydrogens (tertiary/aromatic N) is 1. The van der Waals surface area contributed by atoms with E-state index in [9.17, 15) is 10.1 Å². The molecule has 0 radical (unpaired) electrons. The van der Waals surface area contributed by atoms with Crippen LogP contribution in [0.4, 0.5) is 5.69 Å². The van der Waals surface area contributed by atoms with Crippen molar-refractivity contribution in [2.45, 2.75) is 19.8 Å². The van der Waals surface area contributed by atoms with Crippen LogP contribution in [0.1, 0.15) is 17.5 Å². The molecule has 1 rings (SSSR count). The Morgan fingerprint density at radius 2 is 2.21 bits per heavy atom. The zero-order valence-corrected chi connectivity index (χ0v) is 9.58. The van der Waals surface area contributed by atoms with Gasteiger partial charge in [0.1, 0.15) is 0 Å². The second kappa shape index (κ2) is 5.10. The van der Waals surface area contributed by atoms with Crippen molar-refractivity contribution in [2.75, 3.05) is 5.33 Å². The minimum absolute atomic E-state index is 0.181. The standard InChI is InChI=1S/C10H12BrNO2/c1-8-4-5-10(12(13)14)7-9(8)3-2-6-11/h4-5,7H,2-3,6H2,1H3. The molecule has 4 heteroatoms. The van der Waals surface area contributed by atoms with Crippen molar-refractivity contribution in [1.29, 1.82) is 0 Å². The first kappa shape index (κ1) is 11.2. The number of alkyl halides is 1. The molecule has 0 aliphatic carbocycles. The molecule has 0 saturated heterocycles. The van der Waals surface area contributed by atoms with Crippen molar-refractivity contribution in [2.24, 2.45) is 0 Å². The fraction of sp³-hybridized carbons (Fsp3) is 0.400. The maximum absolute atomic E-state index is 10.5. The molecule has 0 aliphatic heterocycles. The molecule has 1 aromatic carbocycles. The summed E-state index contributed by atoms with van der Waals surface area (Å²) in [7, 11) is 0. The molecule has 0 aliphatic rings. The molecule has 0 saturated carbocycles. The normalized spacial score (nSPS) is 10.1. The van der Waals surface area contributed by atoms with E-state index in [4.69, 9.17) is 0 Å². The molecule has 0 N–H and O–H groups in total. The van der Waals surface area contributed by atoms with Crippen LogP contribution in [0.25, 0.3) is 0 Å². The maximum atomic E-state index is 10.5. The van der Waals surface area contributed by atoms with E-state index in [0.29, 0.717) is 0 Å². The Hall–Kier alpha value is -0.900. The van der Waals surface area contributed by atoms with Crippen molar-refractivity contribution in [3.63, 3.8) is 0 Å². The highest BCUT2D eigenvalue weighted by atomic mass is 79.9. The quantitative estimate of drug-likeness (QED) is 0.472. The van der Waals surface area contributed by atoms with E-state index in [1.807, 2.05) is 13.0 Å². The summed E-state index contributed by atoms with van der Waals surface area (Å²) in [5.74, 6) is 0. The van der Waals surface area contributed by atoms with Gasteiger partial charge in [-0.25, -0.2) is 0 Å². The maximum Gasteiger partial charge on any atom is 0.269 e. The van der Waals surface area contributed by atoms with E-state index in [2.05, 4.69) is 15.9 Å². The zero-order chi connectivity index (χ0) is 10.6. The van der Waals surface area contributed by atoms with Crippen molar-refractivity contribution in [3.8, 4) is 0 Å². The summed E-state index contributed by atoms with van der Waals surface area (Å²) in [6, 6.07) is 5.02. The number of benzene rings is 1. The van der Waals surface area contributed by atoms with Crippen LogP contribution in [0.3, 0.4) is 0 Å². The van der Waals surface area contributed by atoms with E-state index in [1.165, 1.54) is 0 Å². The van der Waals surface area contributed by atoms with Gasteiger partial charge in [0.25, 0.3) is 5.69 Å². The third-order valence-electron chi connectivity index (χ3n) is 2.12. The molecule has 3 nitrogen and oxygen atoms in total. The highest BCUT2D eigenvalue weighted by Crippen LogP contribution is 2.18. The lowest BCUT2D eigenvalue weighted by molar-refractivity contribution is -0.384. The van der Waals surface area contributed by atoms with Gasteiger partial charge in [-0.3, -0.25) is 10.1 Å². The fourth-order valence-electron chi connectivity index (χ4n) is 1.30. The average Bonchev–Trinajstić information content (AvgIpc) is 2.16. The summed E-state index contributed by atoms with van der Waals surface area (Å²) in [4.78, 5) is 10.2. The van der Waals surface area contributed by atoms with E-state index in [-0.39, 0.29) is 10.6 Å². The first-order valence-corrected chi connectivity index (χ1v) is 5.57. The SMILES string of the molecule is Cc1ccc([N+](=O)[O-])cc1CCCBr. The number of nitro benzene ring substituents is 1. The lowest BCUT2D eigenvalue weighted by Gasteiger charge is -2.03. The number of hydrogen-bond donors (Lipinski definition) is 0. The van der Waals surface area contributed by atoms with Gasteiger partial charge < -0.3 is 0 Å². The van der Waals surface area contributed by atoms with Gasteiger partial charge in [-0.2, -0.15) is 0 Å². The van der Waals surface area contributed by atoms with Crippen LogP contribution in [0.5, 0.6) is 0 Å². The number of halogens is 1. The van der Waals surface area contributed by atoms with Gasteiger partial charge in [-0.15, -0.1) is 0 Å². The van der Waals surface area contributed by atoms with Crippen LogP contribution in [-0.4, -0.2) is 10.3 Å². The number of aryl methyl sites for hydroxylation is 2. The molecule has 0 amide bonds. The predicted molar refractivity (Wildman–Crippen MR) is 59.9 cm³/mol. The molecule has 0 spiro atoms. The van der Waals surface area contributed by atoms with Gasteiger partial charge in [0.2, 0.25) is 0 Å². The molecule has 0 atom stereocenters. The first-order valence-electron chi connectivity index (χ1n) is 4.45. The third-order valence-corrected chi connectivity index (χ3v) is 2.68. The Morgan fingerprint density at radius 1 is 1.50 bits per heavy atom. The van der Waals surface area contributed by atoms with E-state index in [1.54, 1.807) is 12.1 Å². The van der Waals surface area contributed by atoms with Gasteiger partial charge in [-0.1, -0.05) is 22.0 Å². The monoisotopic (exact) mass is 257 g/mol. The molecular weight excluding hydrogens is 246 g/mol. The van der Waals surface area contributed by atoms with Crippen LogP contribution < -0.4 is 0 Å². The molecule has 14 heavy (non-hydrogen) atoms. The first-order chi connectivity index (χ1) is 6.65. The largest absolute Gasteiger partial charge is 0.269 e. The van der Waals surface area contributed by atoms with Crippen LogP contribution in [-0.2, 0) is 6.42 Å². The second-order valence-electron chi connectivity index (χ2n) is 3.16. The second-order valence-corrected chi connectivity index (χ2v) is 3.95. The van der Waals surface area contributed by atoms with E-state index in [0.717, 1.165) is 29.3 Å². The minimum atomic E-state index is -0.350. The van der Waals surface area contributed by atoms with Crippen molar-refractivity contribution < 1.29 is 4.92 Å².